The van der Waals surface area contributed by atoms with Gasteiger partial charge in [0.2, 0.25) is 5.90 Å². The van der Waals surface area contributed by atoms with Gasteiger partial charge in [-0.1, -0.05) is 0 Å². The van der Waals surface area contributed by atoms with Crippen LogP contribution in [0, 0.1) is 5.82 Å². The summed E-state index contributed by atoms with van der Waals surface area (Å²) in [5.74, 6) is -0.694. The number of hydrogen-bond donors (Lipinski definition) is 0. The molecule has 0 saturated heterocycles. The van der Waals surface area contributed by atoms with Crippen molar-refractivity contribution in [3.63, 3.8) is 0 Å². The molecule has 1 fully saturated rings. The summed E-state index contributed by atoms with van der Waals surface area (Å²) in [5, 5.41) is 0. The molecule has 0 aromatic carbocycles. The van der Waals surface area contributed by atoms with Crippen LogP contribution in [0.15, 0.2) is 13.3 Å². The highest BCUT2D eigenvalue weighted by Crippen LogP contribution is 2.46. The van der Waals surface area contributed by atoms with Crippen molar-refractivity contribution in [2.75, 3.05) is 0 Å². The van der Waals surface area contributed by atoms with Crippen molar-refractivity contribution in [2.24, 2.45) is 4.99 Å². The summed E-state index contributed by atoms with van der Waals surface area (Å²) < 4.78 is 19.7. The molecule has 1 aliphatic carbocycles. The Morgan fingerprint density at radius 1 is 1.44 bits per heavy atom. The summed E-state index contributed by atoms with van der Waals surface area (Å²) in [5.41, 5.74) is -0.690. The Morgan fingerprint density at radius 2 is 2.12 bits per heavy atom. The van der Waals surface area contributed by atoms with Gasteiger partial charge in [-0.3, -0.25) is 0 Å². The number of esters is 1. The zero-order valence-corrected chi connectivity index (χ0v) is 11.7. The number of nitrogens with zero attached hydrogens (tertiary/aromatic N) is 1. The lowest BCUT2D eigenvalue weighted by atomic mass is 10.3. The molecule has 7 heteroatoms. The number of cyclic esters (lactones) is 1. The van der Waals surface area contributed by atoms with Crippen molar-refractivity contribution in [3.8, 4) is 0 Å². The Bertz CT molecular complexity index is 536. The number of carbonyl (C=O) groups excluding carboxylic acids is 1. The Balaban J connectivity index is 2.06. The molecular weight excluding hydrogens is 365 g/mol. The third-order valence-electron chi connectivity index (χ3n) is 2.56. The second-order valence-electron chi connectivity index (χ2n) is 3.67. The maximum atomic E-state index is 13.7. The first-order valence-electron chi connectivity index (χ1n) is 4.49. The molecule has 3 nitrogen and oxygen atoms in total. The van der Waals surface area contributed by atoms with Crippen LogP contribution in [-0.4, -0.2) is 17.4 Å². The van der Waals surface area contributed by atoms with E-state index in [1.54, 1.807) is 0 Å². The molecule has 0 atom stereocenters. The molecular formula is C9H4Br2FNO2S. The quantitative estimate of drug-likeness (QED) is 0.713. The molecule has 1 spiro atoms. The number of thiophene rings is 1. The lowest BCUT2D eigenvalue weighted by molar-refractivity contribution is -0.135. The van der Waals surface area contributed by atoms with Crippen LogP contribution in [0.1, 0.15) is 17.7 Å². The van der Waals surface area contributed by atoms with Crippen molar-refractivity contribution in [2.45, 2.75) is 18.4 Å². The number of rotatable bonds is 1. The number of halogens is 3. The van der Waals surface area contributed by atoms with Gasteiger partial charge in [-0.25, -0.2) is 14.2 Å². The van der Waals surface area contributed by atoms with E-state index < -0.39 is 11.4 Å². The maximum absolute atomic E-state index is 13.7. The van der Waals surface area contributed by atoms with Crippen LogP contribution in [0.2, 0.25) is 0 Å². The van der Waals surface area contributed by atoms with Crippen LogP contribution in [0.25, 0.3) is 0 Å². The molecule has 1 aromatic rings. The lowest BCUT2D eigenvalue weighted by Crippen LogP contribution is -2.15. The number of aliphatic imine (C=N–C) groups is 1. The van der Waals surface area contributed by atoms with E-state index in [1.807, 2.05) is 0 Å². The lowest BCUT2D eigenvalue weighted by Gasteiger charge is -1.95. The third kappa shape index (κ3) is 1.41. The van der Waals surface area contributed by atoms with E-state index in [0.29, 0.717) is 21.1 Å². The molecule has 1 saturated carbocycles. The zero-order chi connectivity index (χ0) is 11.5. The van der Waals surface area contributed by atoms with Crippen LogP contribution in [0.4, 0.5) is 4.39 Å². The third-order valence-corrected chi connectivity index (χ3v) is 5.92. The van der Waals surface area contributed by atoms with Gasteiger partial charge in [0.1, 0.15) is 4.88 Å². The van der Waals surface area contributed by atoms with Crippen LogP contribution in [-0.2, 0) is 9.53 Å². The minimum absolute atomic E-state index is 0.108. The Kier molecular flexibility index (Phi) is 2.28. The minimum Gasteiger partial charge on any atom is -0.404 e. The molecule has 84 valence electrons. The summed E-state index contributed by atoms with van der Waals surface area (Å²) in [4.78, 5) is 15.9. The van der Waals surface area contributed by atoms with E-state index in [1.165, 1.54) is 0 Å². The van der Waals surface area contributed by atoms with Gasteiger partial charge in [0.15, 0.2) is 11.4 Å². The van der Waals surface area contributed by atoms with Crippen molar-refractivity contribution in [1.82, 2.24) is 0 Å². The van der Waals surface area contributed by atoms with Gasteiger partial charge in [0.05, 0.1) is 8.26 Å². The van der Waals surface area contributed by atoms with Crippen molar-refractivity contribution >= 4 is 55.1 Å². The molecule has 0 amide bonds. The topological polar surface area (TPSA) is 38.7 Å². The molecule has 0 bridgehead atoms. The van der Waals surface area contributed by atoms with Crippen LogP contribution in [0.3, 0.4) is 0 Å². The fourth-order valence-corrected chi connectivity index (χ4v) is 3.44. The monoisotopic (exact) mass is 367 g/mol. The summed E-state index contributed by atoms with van der Waals surface area (Å²) in [7, 11) is 0. The fourth-order valence-electron chi connectivity index (χ4n) is 1.48. The van der Waals surface area contributed by atoms with E-state index in [0.717, 1.165) is 11.3 Å². The van der Waals surface area contributed by atoms with Crippen LogP contribution in [0.5, 0.6) is 0 Å². The predicted molar refractivity (Wildman–Crippen MR) is 64.3 cm³/mol. The molecule has 0 radical (unpaired) electrons. The van der Waals surface area contributed by atoms with Gasteiger partial charge >= 0.3 is 5.97 Å². The number of hydrogen-bond acceptors (Lipinski definition) is 4. The van der Waals surface area contributed by atoms with E-state index >= 15 is 0 Å². The second kappa shape index (κ2) is 3.36. The van der Waals surface area contributed by atoms with Gasteiger partial charge in [0.25, 0.3) is 0 Å². The summed E-state index contributed by atoms with van der Waals surface area (Å²) in [6, 6.07) is 0. The van der Waals surface area contributed by atoms with E-state index in [2.05, 4.69) is 36.9 Å². The summed E-state index contributed by atoms with van der Waals surface area (Å²) in [6.07, 6.45) is 1.40. The highest BCUT2D eigenvalue weighted by molar-refractivity contribution is 9.13. The molecule has 16 heavy (non-hydrogen) atoms. The van der Waals surface area contributed by atoms with Gasteiger partial charge in [-0.2, -0.15) is 0 Å². The Labute approximate surface area is 111 Å². The van der Waals surface area contributed by atoms with Gasteiger partial charge in [-0.05, 0) is 44.7 Å². The van der Waals surface area contributed by atoms with Gasteiger partial charge in [0, 0.05) is 0 Å². The van der Waals surface area contributed by atoms with Gasteiger partial charge < -0.3 is 4.74 Å². The van der Waals surface area contributed by atoms with Gasteiger partial charge in [-0.15, -0.1) is 11.3 Å². The number of carbonyl (C=O) groups is 1. The van der Waals surface area contributed by atoms with E-state index in [-0.39, 0.29) is 16.7 Å². The molecule has 1 aromatic heterocycles. The average molecular weight is 369 g/mol. The standard InChI is InChI=1S/C9H4Br2FNO2S/c10-3-4(12)5(16-6(3)11)7-13-9(1-2-9)8(14)15-7/h1-2H2. The smallest absolute Gasteiger partial charge is 0.340 e. The Hall–Kier alpha value is -0.270. The Morgan fingerprint density at radius 3 is 2.56 bits per heavy atom. The highest BCUT2D eigenvalue weighted by Gasteiger charge is 2.56. The van der Waals surface area contributed by atoms with Crippen molar-refractivity contribution < 1.29 is 13.9 Å². The summed E-state index contributed by atoms with van der Waals surface area (Å²) in [6.45, 7) is 0. The summed E-state index contributed by atoms with van der Waals surface area (Å²) >= 11 is 7.46. The highest BCUT2D eigenvalue weighted by atomic mass is 79.9. The molecule has 3 rings (SSSR count). The van der Waals surface area contributed by atoms with Crippen molar-refractivity contribution in [3.05, 3.63) is 19.0 Å². The fraction of sp³-hybridized carbons (Fsp3) is 0.333. The SMILES string of the molecule is O=C1OC(c2sc(Br)c(Br)c2F)=NC12CC2. The molecule has 0 N–H and O–H groups in total. The minimum atomic E-state index is -0.690. The normalized spacial score (nSPS) is 21.2. The second-order valence-corrected chi connectivity index (χ2v) is 6.80. The molecule has 1 aliphatic heterocycles. The molecule has 2 heterocycles. The first-order chi connectivity index (χ1) is 7.53. The van der Waals surface area contributed by atoms with Crippen molar-refractivity contribution in [1.29, 1.82) is 0 Å². The largest absolute Gasteiger partial charge is 0.404 e. The first kappa shape index (κ1) is 10.9. The first-order valence-corrected chi connectivity index (χ1v) is 6.89. The van der Waals surface area contributed by atoms with Crippen LogP contribution < -0.4 is 0 Å². The van der Waals surface area contributed by atoms with E-state index in [4.69, 9.17) is 4.74 Å². The van der Waals surface area contributed by atoms with Crippen LogP contribution >= 0.6 is 43.2 Å². The zero-order valence-electron chi connectivity index (χ0n) is 7.72. The molecule has 2 aliphatic rings. The van der Waals surface area contributed by atoms with E-state index in [9.17, 15) is 9.18 Å². The predicted octanol–water partition coefficient (Wildman–Crippen LogP) is 3.25. The average Bonchev–Trinajstić information content (AvgIpc) is 2.89. The number of ether oxygens (including phenoxy) is 1. The maximum Gasteiger partial charge on any atom is 0.340 e. The molecule has 0 unspecified atom stereocenters.